The highest BCUT2D eigenvalue weighted by Gasteiger charge is 2.29. The Hall–Kier alpha value is -3.33. The quantitative estimate of drug-likeness (QED) is 0.384. The third-order valence-electron chi connectivity index (χ3n) is 4.77. The summed E-state index contributed by atoms with van der Waals surface area (Å²) in [7, 11) is 1.97. The Bertz CT molecular complexity index is 1050. The van der Waals surface area contributed by atoms with E-state index in [4.69, 9.17) is 4.74 Å². The molecule has 2 heterocycles. The monoisotopic (exact) mass is 370 g/mol. The van der Waals surface area contributed by atoms with Crippen LogP contribution >= 0.6 is 0 Å². The molecule has 1 N–H and O–H groups in total. The van der Waals surface area contributed by atoms with Crippen LogP contribution in [-0.2, 0) is 0 Å². The van der Waals surface area contributed by atoms with Crippen LogP contribution in [0.1, 0.15) is 0 Å². The summed E-state index contributed by atoms with van der Waals surface area (Å²) in [4.78, 5) is 16.1. The van der Waals surface area contributed by atoms with Gasteiger partial charge in [-0.05, 0) is 19.2 Å². The highest BCUT2D eigenvalue weighted by molar-refractivity contribution is 5.85. The van der Waals surface area contributed by atoms with E-state index >= 15 is 0 Å². The normalized spacial score (nSPS) is 15.4. The van der Waals surface area contributed by atoms with Crippen LogP contribution in [0.2, 0.25) is 0 Å². The van der Waals surface area contributed by atoms with E-state index in [2.05, 4.69) is 4.90 Å². The number of ether oxygens (including phenoxy) is 1. The van der Waals surface area contributed by atoms with E-state index in [9.17, 15) is 20.3 Å². The summed E-state index contributed by atoms with van der Waals surface area (Å²) in [5, 5.41) is 35.5. The van der Waals surface area contributed by atoms with Gasteiger partial charge in [0.1, 0.15) is 0 Å². The predicted molar refractivity (Wildman–Crippen MR) is 96.1 cm³/mol. The second kappa shape index (κ2) is 6.44. The average molecular weight is 370 g/mol. The van der Waals surface area contributed by atoms with Crippen molar-refractivity contribution >= 4 is 28.2 Å². The Balaban J connectivity index is 1.80. The van der Waals surface area contributed by atoms with Crippen molar-refractivity contribution in [1.29, 1.82) is 0 Å². The second-order valence-electron chi connectivity index (χ2n) is 6.52. The number of nitrogens with zero attached hydrogens (tertiary/aromatic N) is 4. The number of para-hydroxylation sites is 2. The van der Waals surface area contributed by atoms with Crippen LogP contribution in [0.4, 0.5) is 4.79 Å². The molecule has 0 spiro atoms. The van der Waals surface area contributed by atoms with E-state index in [1.165, 1.54) is 36.4 Å². The van der Waals surface area contributed by atoms with Crippen molar-refractivity contribution in [2.45, 2.75) is 0 Å². The number of likely N-dealkylation sites (N-methyl/N-ethyl adjacent to an activating group) is 1. The van der Waals surface area contributed by atoms with Crippen LogP contribution < -0.4 is 14.2 Å². The molecule has 1 saturated heterocycles. The Labute approximate surface area is 154 Å². The van der Waals surface area contributed by atoms with E-state index in [1.54, 1.807) is 4.90 Å². The predicted octanol–water partition coefficient (Wildman–Crippen LogP) is 0.712. The summed E-state index contributed by atoms with van der Waals surface area (Å²) in [6.45, 7) is 2.51. The molecule has 1 fully saturated rings. The molecule has 1 aliphatic rings. The first-order chi connectivity index (χ1) is 13.0. The molecule has 0 unspecified atom stereocenters. The molecule has 1 aliphatic heterocycles. The van der Waals surface area contributed by atoms with Gasteiger partial charge in [0.25, 0.3) is 11.0 Å². The summed E-state index contributed by atoms with van der Waals surface area (Å²) >= 11 is 0. The van der Waals surface area contributed by atoms with E-state index in [-0.39, 0.29) is 33.6 Å². The van der Waals surface area contributed by atoms with Gasteiger partial charge in [-0.3, -0.25) is 0 Å². The van der Waals surface area contributed by atoms with Crippen molar-refractivity contribution in [2.24, 2.45) is 0 Å². The zero-order valence-corrected chi connectivity index (χ0v) is 14.7. The van der Waals surface area contributed by atoms with Gasteiger partial charge in [0, 0.05) is 38.3 Å². The maximum Gasteiger partial charge on any atom is 0.415 e. The van der Waals surface area contributed by atoms with Crippen molar-refractivity contribution in [3.8, 4) is 11.5 Å². The van der Waals surface area contributed by atoms with Gasteiger partial charge in [-0.2, -0.15) is 9.46 Å². The molecule has 0 aliphatic carbocycles. The lowest BCUT2D eigenvalue weighted by atomic mass is 10.2. The van der Waals surface area contributed by atoms with Gasteiger partial charge < -0.3 is 30.1 Å². The lowest BCUT2D eigenvalue weighted by Crippen LogP contribution is -2.48. The number of hydrogen-bond donors (Lipinski definition) is 1. The smallest absolute Gasteiger partial charge is 0.415 e. The first-order valence-corrected chi connectivity index (χ1v) is 8.52. The van der Waals surface area contributed by atoms with Crippen LogP contribution in [0.25, 0.3) is 22.1 Å². The third-order valence-corrected chi connectivity index (χ3v) is 4.77. The number of benzene rings is 2. The minimum atomic E-state index is -0.566. The maximum absolute atomic E-state index is 12.9. The summed E-state index contributed by atoms with van der Waals surface area (Å²) in [5.74, 6) is -0.296. The maximum atomic E-state index is 12.9. The molecule has 4 rings (SSSR count). The molecule has 27 heavy (non-hydrogen) atoms. The lowest BCUT2D eigenvalue weighted by Gasteiger charge is -2.31. The Morgan fingerprint density at radius 2 is 1.59 bits per heavy atom. The number of phenols is 1. The molecule has 1 amide bonds. The first kappa shape index (κ1) is 17.1. The van der Waals surface area contributed by atoms with Gasteiger partial charge >= 0.3 is 17.1 Å². The number of aromatic nitrogens is 2. The van der Waals surface area contributed by atoms with Gasteiger partial charge in [-0.25, -0.2) is 4.79 Å². The highest BCUT2D eigenvalue weighted by atomic mass is 16.6. The SMILES string of the molecule is CN1CCN(C(=O)Oc2cccc3c2[n+]([O-])c2cccc(O)c2[n+]3[O-])CC1. The van der Waals surface area contributed by atoms with Crippen LogP contribution in [0, 0.1) is 10.4 Å². The fourth-order valence-electron chi connectivity index (χ4n) is 3.24. The van der Waals surface area contributed by atoms with Gasteiger partial charge in [0.2, 0.25) is 5.75 Å². The topological polar surface area (TPSA) is 107 Å². The number of carbonyl (C=O) groups excluding carboxylic acids is 1. The van der Waals surface area contributed by atoms with Gasteiger partial charge in [0.15, 0.2) is 5.75 Å². The Morgan fingerprint density at radius 3 is 2.30 bits per heavy atom. The van der Waals surface area contributed by atoms with Crippen LogP contribution in [0.5, 0.6) is 11.5 Å². The van der Waals surface area contributed by atoms with Crippen molar-refractivity contribution in [3.05, 3.63) is 46.8 Å². The highest BCUT2D eigenvalue weighted by Crippen LogP contribution is 2.26. The van der Waals surface area contributed by atoms with Gasteiger partial charge in [0.05, 0.1) is 0 Å². The summed E-state index contributed by atoms with van der Waals surface area (Å²) < 4.78 is 6.43. The number of fused-ring (bicyclic) bond motifs is 2. The lowest BCUT2D eigenvalue weighted by molar-refractivity contribution is -0.591. The number of phenolic OH excluding ortho intramolecular Hbond substituents is 1. The minimum absolute atomic E-state index is 0.00118. The van der Waals surface area contributed by atoms with Crippen molar-refractivity contribution < 1.29 is 24.1 Å². The molecule has 0 bridgehead atoms. The minimum Gasteiger partial charge on any atom is -0.617 e. The fraction of sp³-hybridized carbons (Fsp3) is 0.278. The van der Waals surface area contributed by atoms with Gasteiger partial charge in [-0.15, -0.1) is 0 Å². The van der Waals surface area contributed by atoms with Gasteiger partial charge in [-0.1, -0.05) is 12.1 Å². The Morgan fingerprint density at radius 1 is 1.00 bits per heavy atom. The standard InChI is InChI=1S/C18H18N4O5/c1-19-8-10-20(11-9-19)18(24)27-15-7-3-5-13-17(15)22(26)12-4-2-6-14(23)16(12)21(13)25/h2-7,23H,8-11H2,1H3. The number of rotatable bonds is 1. The second-order valence-corrected chi connectivity index (χ2v) is 6.52. The molecule has 9 nitrogen and oxygen atoms in total. The average Bonchev–Trinajstić information content (AvgIpc) is 2.66. The van der Waals surface area contributed by atoms with Crippen LogP contribution in [-0.4, -0.2) is 54.2 Å². The van der Waals surface area contributed by atoms with Crippen LogP contribution in [0.15, 0.2) is 36.4 Å². The van der Waals surface area contributed by atoms with E-state index in [0.29, 0.717) is 22.6 Å². The van der Waals surface area contributed by atoms with E-state index in [1.807, 2.05) is 7.05 Å². The summed E-state index contributed by atoms with van der Waals surface area (Å²) in [6, 6.07) is 8.66. The zero-order chi connectivity index (χ0) is 19.1. The fourth-order valence-corrected chi connectivity index (χ4v) is 3.24. The molecule has 0 saturated carbocycles. The summed E-state index contributed by atoms with van der Waals surface area (Å²) in [5.41, 5.74) is -0.209. The molecule has 0 atom stereocenters. The number of hydrogen-bond acceptors (Lipinski definition) is 6. The molecule has 140 valence electrons. The molecular weight excluding hydrogens is 352 g/mol. The molecule has 9 heteroatoms. The molecular formula is C18H18N4O5. The van der Waals surface area contributed by atoms with Crippen molar-refractivity contribution in [3.63, 3.8) is 0 Å². The molecule has 1 aromatic heterocycles. The zero-order valence-electron chi connectivity index (χ0n) is 14.7. The number of aromatic hydroxyl groups is 1. The number of carbonyl (C=O) groups is 1. The Kier molecular flexibility index (Phi) is 4.08. The number of piperazine rings is 1. The van der Waals surface area contributed by atoms with Crippen molar-refractivity contribution in [2.75, 3.05) is 33.2 Å². The van der Waals surface area contributed by atoms with E-state index in [0.717, 1.165) is 13.1 Å². The molecule has 2 aromatic carbocycles. The number of amides is 1. The van der Waals surface area contributed by atoms with Crippen molar-refractivity contribution in [1.82, 2.24) is 9.80 Å². The van der Waals surface area contributed by atoms with E-state index < -0.39 is 6.09 Å². The van der Waals surface area contributed by atoms with Crippen LogP contribution in [0.3, 0.4) is 0 Å². The third kappa shape index (κ3) is 2.81. The first-order valence-electron chi connectivity index (χ1n) is 8.52. The summed E-state index contributed by atoms with van der Waals surface area (Å²) in [6.07, 6.45) is -0.566. The largest absolute Gasteiger partial charge is 0.617 e. The molecule has 0 radical (unpaired) electrons. The molecule has 3 aromatic rings.